The fraction of sp³-hybridized carbons (Fsp3) is 0.250. The number of alkyl halides is 3. The summed E-state index contributed by atoms with van der Waals surface area (Å²) in [6.45, 7) is 1.37. The number of carbonyl (C=O) groups is 2. The molecule has 0 bridgehead atoms. The summed E-state index contributed by atoms with van der Waals surface area (Å²) in [7, 11) is 0. The highest BCUT2D eigenvalue weighted by Gasteiger charge is 2.26. The van der Waals surface area contributed by atoms with Crippen LogP contribution in [0.25, 0.3) is 0 Å². The Balaban J connectivity index is 2.79. The van der Waals surface area contributed by atoms with Crippen molar-refractivity contribution in [2.45, 2.75) is 10.9 Å². The fourth-order valence-corrected chi connectivity index (χ4v) is 1.09. The molecule has 0 unspecified atom stereocenters. The SMILES string of the molecule is CC(=O)c1c[nH]c(C(=O)OC(Cl)(Cl)Cl)c1. The largest absolute Gasteiger partial charge is 0.410 e. The van der Waals surface area contributed by atoms with Crippen LogP contribution in [0.2, 0.25) is 0 Å². The molecule has 0 aliphatic heterocycles. The summed E-state index contributed by atoms with van der Waals surface area (Å²) in [5.41, 5.74) is 0.401. The molecule has 0 radical (unpaired) electrons. The average Bonchev–Trinajstić information content (AvgIpc) is 2.47. The summed E-state index contributed by atoms with van der Waals surface area (Å²) in [5.74, 6) is -1.03. The lowest BCUT2D eigenvalue weighted by molar-refractivity contribution is 0.0485. The summed E-state index contributed by atoms with van der Waals surface area (Å²) in [5, 5.41) is 0. The fourth-order valence-electron chi connectivity index (χ4n) is 0.876. The number of carbonyl (C=O) groups excluding carboxylic acids is 2. The maximum absolute atomic E-state index is 11.3. The number of hydrogen-bond donors (Lipinski definition) is 1. The van der Waals surface area contributed by atoms with Gasteiger partial charge in [-0.05, 0) is 47.8 Å². The zero-order chi connectivity index (χ0) is 11.6. The topological polar surface area (TPSA) is 59.2 Å². The van der Waals surface area contributed by atoms with Crippen molar-refractivity contribution in [3.8, 4) is 0 Å². The Bertz CT molecular complexity index is 394. The first kappa shape index (κ1) is 12.4. The second kappa shape index (κ2) is 4.43. The molecule has 1 N–H and O–H groups in total. The van der Waals surface area contributed by atoms with E-state index in [-0.39, 0.29) is 11.5 Å². The summed E-state index contributed by atoms with van der Waals surface area (Å²) in [4.78, 5) is 24.7. The van der Waals surface area contributed by atoms with Crippen molar-refractivity contribution in [1.82, 2.24) is 4.98 Å². The van der Waals surface area contributed by atoms with E-state index in [0.717, 1.165) is 0 Å². The maximum Gasteiger partial charge on any atom is 0.358 e. The summed E-state index contributed by atoms with van der Waals surface area (Å²) in [6.07, 6.45) is 1.37. The van der Waals surface area contributed by atoms with Gasteiger partial charge in [-0.2, -0.15) is 0 Å². The van der Waals surface area contributed by atoms with Gasteiger partial charge in [-0.1, -0.05) is 0 Å². The van der Waals surface area contributed by atoms with Gasteiger partial charge in [-0.25, -0.2) is 4.79 Å². The van der Waals surface area contributed by atoms with Crippen LogP contribution in [0.1, 0.15) is 27.8 Å². The monoisotopic (exact) mass is 269 g/mol. The van der Waals surface area contributed by atoms with Gasteiger partial charge in [0.2, 0.25) is 0 Å². The molecule has 0 saturated heterocycles. The number of ketones is 1. The van der Waals surface area contributed by atoms with E-state index < -0.39 is 9.95 Å². The second-order valence-electron chi connectivity index (χ2n) is 2.69. The average molecular weight is 270 g/mol. The summed E-state index contributed by atoms with van der Waals surface area (Å²) >= 11 is 15.8. The van der Waals surface area contributed by atoms with Gasteiger partial charge in [0.25, 0.3) is 0 Å². The van der Waals surface area contributed by atoms with E-state index in [4.69, 9.17) is 34.8 Å². The molecule has 0 fully saturated rings. The Morgan fingerprint density at radius 2 is 2.00 bits per heavy atom. The van der Waals surface area contributed by atoms with Crippen LogP contribution in [0.5, 0.6) is 0 Å². The van der Waals surface area contributed by atoms with E-state index in [0.29, 0.717) is 5.56 Å². The number of rotatable bonds is 2. The van der Waals surface area contributed by atoms with Gasteiger partial charge in [0.1, 0.15) is 5.69 Å². The van der Waals surface area contributed by atoms with Crippen LogP contribution in [0.3, 0.4) is 0 Å². The number of nitrogens with one attached hydrogen (secondary N) is 1. The molecular weight excluding hydrogens is 264 g/mol. The Morgan fingerprint density at radius 3 is 2.40 bits per heavy atom. The van der Waals surface area contributed by atoms with E-state index in [1.165, 1.54) is 19.2 Å². The number of H-pyrrole nitrogens is 1. The van der Waals surface area contributed by atoms with Crippen LogP contribution in [0.15, 0.2) is 12.3 Å². The first-order valence-corrected chi connectivity index (χ1v) is 4.92. The van der Waals surface area contributed by atoms with Gasteiger partial charge in [-0.15, -0.1) is 0 Å². The van der Waals surface area contributed by atoms with E-state index >= 15 is 0 Å². The number of Topliss-reactive ketones (excluding diaryl/α,β-unsaturated/α-hetero) is 1. The van der Waals surface area contributed by atoms with Crippen LogP contribution in [0, 0.1) is 0 Å². The minimum atomic E-state index is -2.11. The lowest BCUT2D eigenvalue weighted by atomic mass is 10.2. The van der Waals surface area contributed by atoms with Crippen molar-refractivity contribution >= 4 is 46.6 Å². The van der Waals surface area contributed by atoms with Crippen molar-refractivity contribution in [3.05, 3.63) is 23.5 Å². The number of aromatic amines is 1. The number of esters is 1. The molecule has 82 valence electrons. The summed E-state index contributed by atoms with van der Waals surface area (Å²) in [6, 6.07) is 1.32. The van der Waals surface area contributed by atoms with Crippen molar-refractivity contribution in [2.75, 3.05) is 0 Å². The Hall–Kier alpha value is -0.710. The summed E-state index contributed by atoms with van der Waals surface area (Å²) < 4.78 is 2.32. The molecule has 0 aliphatic rings. The van der Waals surface area contributed by atoms with Gasteiger partial charge < -0.3 is 9.72 Å². The molecule has 0 amide bonds. The van der Waals surface area contributed by atoms with Gasteiger partial charge in [-0.3, -0.25) is 4.79 Å². The van der Waals surface area contributed by atoms with Crippen LogP contribution in [0.4, 0.5) is 0 Å². The molecule has 1 aromatic heterocycles. The Morgan fingerprint density at radius 1 is 1.40 bits per heavy atom. The standard InChI is InChI=1S/C8H6Cl3NO3/c1-4(13)5-2-6(12-3-5)7(14)15-8(9,10)11/h2-3,12H,1H3. The number of hydrogen-bond acceptors (Lipinski definition) is 3. The predicted molar refractivity (Wildman–Crippen MR) is 56.5 cm³/mol. The smallest absolute Gasteiger partial charge is 0.358 e. The quantitative estimate of drug-likeness (QED) is 0.510. The normalized spacial score (nSPS) is 11.2. The van der Waals surface area contributed by atoms with Crippen LogP contribution in [-0.2, 0) is 4.74 Å². The predicted octanol–water partition coefficient (Wildman–Crippen LogP) is 2.70. The molecule has 0 aromatic carbocycles. The molecular formula is C8H6Cl3NO3. The van der Waals surface area contributed by atoms with E-state index in [1.807, 2.05) is 0 Å². The third kappa shape index (κ3) is 3.74. The van der Waals surface area contributed by atoms with Crippen molar-refractivity contribution < 1.29 is 14.3 Å². The third-order valence-electron chi connectivity index (χ3n) is 1.52. The molecule has 7 heteroatoms. The zero-order valence-corrected chi connectivity index (χ0v) is 9.78. The van der Waals surface area contributed by atoms with Gasteiger partial charge >= 0.3 is 9.95 Å². The first-order valence-electron chi connectivity index (χ1n) is 3.79. The Labute approximate surface area is 100 Å². The van der Waals surface area contributed by atoms with Gasteiger partial charge in [0.15, 0.2) is 5.78 Å². The first-order chi connectivity index (χ1) is 6.79. The molecule has 0 atom stereocenters. The highest BCUT2D eigenvalue weighted by atomic mass is 35.6. The maximum atomic E-state index is 11.3. The minimum absolute atomic E-state index is 0.0477. The van der Waals surface area contributed by atoms with Crippen LogP contribution >= 0.6 is 34.8 Å². The van der Waals surface area contributed by atoms with Crippen molar-refractivity contribution in [1.29, 1.82) is 0 Å². The van der Waals surface area contributed by atoms with Crippen molar-refractivity contribution in [3.63, 3.8) is 0 Å². The Kier molecular flexibility index (Phi) is 3.65. The number of ether oxygens (including phenoxy) is 1. The molecule has 1 aromatic rings. The third-order valence-corrected chi connectivity index (χ3v) is 1.75. The zero-order valence-electron chi connectivity index (χ0n) is 7.51. The van der Waals surface area contributed by atoms with Gasteiger partial charge in [0, 0.05) is 11.8 Å². The van der Waals surface area contributed by atoms with E-state index in [2.05, 4.69) is 9.72 Å². The molecule has 15 heavy (non-hydrogen) atoms. The molecule has 4 nitrogen and oxygen atoms in total. The van der Waals surface area contributed by atoms with E-state index in [9.17, 15) is 9.59 Å². The lowest BCUT2D eigenvalue weighted by Crippen LogP contribution is -2.16. The number of halogens is 3. The molecule has 0 aliphatic carbocycles. The van der Waals surface area contributed by atoms with Crippen molar-refractivity contribution in [2.24, 2.45) is 0 Å². The van der Waals surface area contributed by atoms with Gasteiger partial charge in [0.05, 0.1) is 0 Å². The highest BCUT2D eigenvalue weighted by molar-refractivity contribution is 6.66. The highest BCUT2D eigenvalue weighted by Crippen LogP contribution is 2.28. The molecule has 0 spiro atoms. The molecule has 1 rings (SSSR count). The van der Waals surface area contributed by atoms with Crippen LogP contribution < -0.4 is 0 Å². The lowest BCUT2D eigenvalue weighted by Gasteiger charge is -2.10. The second-order valence-corrected chi connectivity index (χ2v) is 4.87. The van der Waals surface area contributed by atoms with E-state index in [1.54, 1.807) is 0 Å². The van der Waals surface area contributed by atoms with Crippen LogP contribution in [-0.4, -0.2) is 20.7 Å². The minimum Gasteiger partial charge on any atom is -0.410 e. The molecule has 1 heterocycles. The number of aromatic nitrogens is 1. The molecule has 0 saturated carbocycles.